The Morgan fingerprint density at radius 2 is 2.05 bits per heavy atom. The van der Waals surface area contributed by atoms with Crippen molar-refractivity contribution in [3.8, 4) is 0 Å². The van der Waals surface area contributed by atoms with E-state index >= 15 is 0 Å². The molecule has 1 unspecified atom stereocenters. The van der Waals surface area contributed by atoms with Gasteiger partial charge in [0.15, 0.2) is 0 Å². The summed E-state index contributed by atoms with van der Waals surface area (Å²) in [7, 11) is 0. The lowest BCUT2D eigenvalue weighted by atomic mass is 9.88. The number of carboxylic acids is 1. The van der Waals surface area contributed by atoms with Gasteiger partial charge in [-0.25, -0.2) is 4.79 Å². The third-order valence-electron chi connectivity index (χ3n) is 4.04. The molecule has 5 heteroatoms. The van der Waals surface area contributed by atoms with E-state index in [0.717, 1.165) is 19.3 Å². The Hall–Kier alpha value is -1.52. The highest BCUT2D eigenvalue weighted by atomic mass is 16.4. The summed E-state index contributed by atoms with van der Waals surface area (Å²) in [4.78, 5) is 24.6. The second-order valence-corrected chi connectivity index (χ2v) is 6.13. The van der Waals surface area contributed by atoms with Crippen LogP contribution in [0, 0.1) is 11.8 Å². The molecule has 1 atom stereocenters. The van der Waals surface area contributed by atoms with Crippen molar-refractivity contribution in [2.45, 2.75) is 52.0 Å². The van der Waals surface area contributed by atoms with E-state index in [1.807, 2.05) is 4.90 Å². The molecule has 0 aliphatic heterocycles. The molecular formula is C16H28N2O3. The lowest BCUT2D eigenvalue weighted by molar-refractivity contribution is -0.137. The second-order valence-electron chi connectivity index (χ2n) is 6.13. The number of carboxylic acid groups (broad SMARTS) is 1. The number of amides is 2. The highest BCUT2D eigenvalue weighted by Gasteiger charge is 2.31. The van der Waals surface area contributed by atoms with E-state index in [-0.39, 0.29) is 12.5 Å². The molecule has 0 heterocycles. The van der Waals surface area contributed by atoms with Crippen molar-refractivity contribution in [3.63, 3.8) is 0 Å². The highest BCUT2D eigenvalue weighted by molar-refractivity contribution is 5.75. The third kappa shape index (κ3) is 6.65. The van der Waals surface area contributed by atoms with Gasteiger partial charge in [-0.05, 0) is 37.5 Å². The van der Waals surface area contributed by atoms with E-state index in [1.165, 1.54) is 0 Å². The minimum absolute atomic E-state index is 0.0295. The fourth-order valence-electron chi connectivity index (χ4n) is 2.51. The van der Waals surface area contributed by atoms with Crippen LogP contribution in [0.1, 0.15) is 46.0 Å². The maximum atomic E-state index is 12.1. The first kappa shape index (κ1) is 17.5. The average Bonchev–Trinajstić information content (AvgIpc) is 3.23. The van der Waals surface area contributed by atoms with Gasteiger partial charge in [-0.2, -0.15) is 0 Å². The number of hydrogen-bond acceptors (Lipinski definition) is 2. The van der Waals surface area contributed by atoms with Gasteiger partial charge in [0.1, 0.15) is 0 Å². The van der Waals surface area contributed by atoms with Gasteiger partial charge in [0.25, 0.3) is 0 Å². The number of carbonyl (C=O) groups is 2. The number of urea groups is 1. The van der Waals surface area contributed by atoms with E-state index in [1.54, 1.807) is 6.08 Å². The summed E-state index contributed by atoms with van der Waals surface area (Å²) < 4.78 is 0. The molecule has 0 bridgehead atoms. The van der Waals surface area contributed by atoms with Crippen molar-refractivity contribution in [2.24, 2.45) is 11.8 Å². The summed E-state index contributed by atoms with van der Waals surface area (Å²) in [5.74, 6) is -0.000260. The Morgan fingerprint density at radius 3 is 2.52 bits per heavy atom. The molecule has 5 nitrogen and oxygen atoms in total. The molecule has 21 heavy (non-hydrogen) atoms. The Kier molecular flexibility index (Phi) is 7.26. The molecular weight excluding hydrogens is 268 g/mol. The molecule has 1 aliphatic rings. The van der Waals surface area contributed by atoms with Crippen LogP contribution in [0.5, 0.6) is 0 Å². The van der Waals surface area contributed by atoms with Crippen LogP contribution in [0.25, 0.3) is 0 Å². The monoisotopic (exact) mass is 296 g/mol. The maximum absolute atomic E-state index is 12.1. The quantitative estimate of drug-likeness (QED) is 0.609. The van der Waals surface area contributed by atoms with Gasteiger partial charge >= 0.3 is 12.0 Å². The van der Waals surface area contributed by atoms with E-state index < -0.39 is 5.97 Å². The Balaban J connectivity index is 2.32. The lowest BCUT2D eigenvalue weighted by Gasteiger charge is -2.23. The zero-order valence-corrected chi connectivity index (χ0v) is 13.2. The van der Waals surface area contributed by atoms with Crippen molar-refractivity contribution in [1.82, 2.24) is 10.2 Å². The Morgan fingerprint density at radius 1 is 1.38 bits per heavy atom. The number of nitrogens with zero attached hydrogens (tertiary/aromatic N) is 1. The van der Waals surface area contributed by atoms with Crippen molar-refractivity contribution in [3.05, 3.63) is 12.7 Å². The van der Waals surface area contributed by atoms with E-state index in [2.05, 4.69) is 25.7 Å². The summed E-state index contributed by atoms with van der Waals surface area (Å²) >= 11 is 0. The molecule has 2 amide bonds. The summed E-state index contributed by atoms with van der Waals surface area (Å²) in [6.45, 7) is 9.07. The molecule has 0 radical (unpaired) electrons. The van der Waals surface area contributed by atoms with Crippen LogP contribution in [0.4, 0.5) is 4.79 Å². The van der Waals surface area contributed by atoms with Crippen molar-refractivity contribution >= 4 is 12.0 Å². The van der Waals surface area contributed by atoms with Gasteiger partial charge in [-0.1, -0.05) is 19.9 Å². The van der Waals surface area contributed by atoms with Gasteiger partial charge in [-0.15, -0.1) is 6.58 Å². The maximum Gasteiger partial charge on any atom is 0.317 e. The SMILES string of the molecule is C=CCN(C(=O)NCCC(CCC(=O)O)C(C)C)C1CC1. The fourth-order valence-corrected chi connectivity index (χ4v) is 2.51. The van der Waals surface area contributed by atoms with Crippen LogP contribution < -0.4 is 5.32 Å². The molecule has 2 N–H and O–H groups in total. The van der Waals surface area contributed by atoms with Crippen molar-refractivity contribution < 1.29 is 14.7 Å². The number of carbonyl (C=O) groups excluding carboxylic acids is 1. The van der Waals surface area contributed by atoms with Crippen LogP contribution in [0.3, 0.4) is 0 Å². The molecule has 1 fully saturated rings. The molecule has 0 aromatic heterocycles. The first-order valence-corrected chi connectivity index (χ1v) is 7.82. The van der Waals surface area contributed by atoms with Gasteiger partial charge in [0.05, 0.1) is 0 Å². The highest BCUT2D eigenvalue weighted by Crippen LogP contribution is 2.26. The number of hydrogen-bond donors (Lipinski definition) is 2. The van der Waals surface area contributed by atoms with Crippen molar-refractivity contribution in [1.29, 1.82) is 0 Å². The number of rotatable bonds is 10. The zero-order chi connectivity index (χ0) is 15.8. The molecule has 1 saturated carbocycles. The minimum atomic E-state index is -0.754. The Labute approximate surface area is 127 Å². The predicted molar refractivity (Wildman–Crippen MR) is 83.1 cm³/mol. The minimum Gasteiger partial charge on any atom is -0.481 e. The molecule has 0 aromatic carbocycles. The predicted octanol–water partition coefficient (Wildman–Crippen LogP) is 2.87. The van der Waals surface area contributed by atoms with E-state index in [9.17, 15) is 9.59 Å². The smallest absolute Gasteiger partial charge is 0.317 e. The van der Waals surface area contributed by atoms with Crippen LogP contribution in [0.15, 0.2) is 12.7 Å². The van der Waals surface area contributed by atoms with Gasteiger partial charge < -0.3 is 15.3 Å². The second kappa shape index (κ2) is 8.70. The first-order valence-electron chi connectivity index (χ1n) is 7.82. The lowest BCUT2D eigenvalue weighted by Crippen LogP contribution is -2.42. The fraction of sp³-hybridized carbons (Fsp3) is 0.750. The normalized spacial score (nSPS) is 15.6. The molecule has 0 saturated heterocycles. The van der Waals surface area contributed by atoms with Crippen LogP contribution >= 0.6 is 0 Å². The number of nitrogens with one attached hydrogen (secondary N) is 1. The van der Waals surface area contributed by atoms with Crippen LogP contribution in [-0.2, 0) is 4.79 Å². The summed E-state index contributed by atoms with van der Waals surface area (Å²) in [6, 6.07) is 0.342. The van der Waals surface area contributed by atoms with Gasteiger partial charge in [0, 0.05) is 25.6 Å². The number of aliphatic carboxylic acids is 1. The van der Waals surface area contributed by atoms with Crippen LogP contribution in [-0.4, -0.2) is 41.1 Å². The first-order chi connectivity index (χ1) is 9.95. The van der Waals surface area contributed by atoms with Crippen molar-refractivity contribution in [2.75, 3.05) is 13.1 Å². The standard InChI is InChI=1S/C16H28N2O3/c1-4-11-18(14-6-7-14)16(21)17-10-9-13(12(2)3)5-8-15(19)20/h4,12-14H,1,5-11H2,2-3H3,(H,17,21)(H,19,20). The average molecular weight is 296 g/mol. The topological polar surface area (TPSA) is 69.6 Å². The van der Waals surface area contributed by atoms with Crippen LogP contribution in [0.2, 0.25) is 0 Å². The molecule has 0 aromatic rings. The zero-order valence-electron chi connectivity index (χ0n) is 13.2. The summed E-state index contributed by atoms with van der Waals surface area (Å²) in [6.07, 6.45) is 5.59. The third-order valence-corrected chi connectivity index (χ3v) is 4.04. The van der Waals surface area contributed by atoms with E-state index in [0.29, 0.717) is 37.4 Å². The molecule has 1 rings (SSSR count). The molecule has 120 valence electrons. The summed E-state index contributed by atoms with van der Waals surface area (Å²) in [5.41, 5.74) is 0. The largest absolute Gasteiger partial charge is 0.481 e. The van der Waals surface area contributed by atoms with Gasteiger partial charge in [0.2, 0.25) is 0 Å². The molecule has 0 spiro atoms. The molecule has 1 aliphatic carbocycles. The van der Waals surface area contributed by atoms with E-state index in [4.69, 9.17) is 5.11 Å². The summed E-state index contributed by atoms with van der Waals surface area (Å²) in [5, 5.41) is 11.7. The Bertz CT molecular complexity index is 365. The van der Waals surface area contributed by atoms with Gasteiger partial charge in [-0.3, -0.25) is 4.79 Å².